The van der Waals surface area contributed by atoms with Crippen LogP contribution in [0.15, 0.2) is 22.7 Å². The van der Waals surface area contributed by atoms with Crippen LogP contribution in [0.1, 0.15) is 42.0 Å². The Morgan fingerprint density at radius 2 is 2.16 bits per heavy atom. The topological polar surface area (TPSA) is 90.7 Å². The van der Waals surface area contributed by atoms with Gasteiger partial charge in [-0.1, -0.05) is 6.92 Å². The van der Waals surface area contributed by atoms with E-state index in [4.69, 9.17) is 5.10 Å². The van der Waals surface area contributed by atoms with Crippen LogP contribution in [0.5, 0.6) is 0 Å². The van der Waals surface area contributed by atoms with Gasteiger partial charge in [-0.2, -0.15) is 5.10 Å². The Kier molecular flexibility index (Phi) is 6.26. The lowest BCUT2D eigenvalue weighted by Gasteiger charge is -2.33. The van der Waals surface area contributed by atoms with Crippen molar-refractivity contribution in [1.29, 1.82) is 0 Å². The number of carbonyl (C=O) groups is 2. The van der Waals surface area contributed by atoms with Gasteiger partial charge < -0.3 is 20.2 Å². The summed E-state index contributed by atoms with van der Waals surface area (Å²) in [6, 6.07) is 3.84. The third-order valence-corrected chi connectivity index (χ3v) is 6.95. The van der Waals surface area contributed by atoms with Crippen LogP contribution >= 0.6 is 15.9 Å². The molecule has 2 aliphatic rings. The predicted molar refractivity (Wildman–Crippen MR) is 121 cm³/mol. The monoisotopic (exact) mass is 507 g/mol. The molecule has 1 aromatic heterocycles. The van der Waals surface area contributed by atoms with E-state index < -0.39 is 11.9 Å². The smallest absolute Gasteiger partial charge is 0.322 e. The molecular formula is C22H27BrFN5O3. The number of halogens is 2. The number of carbonyl (C=O) groups excluding carboxylic acids is 2. The van der Waals surface area contributed by atoms with Crippen molar-refractivity contribution in [3.63, 3.8) is 0 Å². The van der Waals surface area contributed by atoms with Crippen LogP contribution in [0, 0.1) is 11.7 Å². The molecule has 0 bridgehead atoms. The van der Waals surface area contributed by atoms with Crippen molar-refractivity contribution in [2.45, 2.75) is 51.9 Å². The number of anilines is 1. The molecule has 2 N–H and O–H groups in total. The molecule has 2 aliphatic heterocycles. The molecule has 10 heteroatoms. The van der Waals surface area contributed by atoms with Crippen molar-refractivity contribution in [3.8, 4) is 0 Å². The average molecular weight is 508 g/mol. The highest BCUT2D eigenvalue weighted by molar-refractivity contribution is 9.10. The van der Waals surface area contributed by atoms with Crippen molar-refractivity contribution < 1.29 is 19.1 Å². The Labute approximate surface area is 194 Å². The molecule has 0 spiro atoms. The Bertz CT molecular complexity index is 1060. The van der Waals surface area contributed by atoms with Crippen molar-refractivity contribution in [1.82, 2.24) is 19.6 Å². The van der Waals surface area contributed by atoms with E-state index in [-0.39, 0.29) is 34.9 Å². The van der Waals surface area contributed by atoms with Gasteiger partial charge in [0, 0.05) is 49.8 Å². The van der Waals surface area contributed by atoms with Crippen molar-refractivity contribution >= 4 is 33.6 Å². The summed E-state index contributed by atoms with van der Waals surface area (Å²) in [4.78, 5) is 29.5. The van der Waals surface area contributed by atoms with Gasteiger partial charge in [0.2, 0.25) is 0 Å². The zero-order chi connectivity index (χ0) is 23.2. The fraction of sp³-hybridized carbons (Fsp3) is 0.500. The van der Waals surface area contributed by atoms with Crippen LogP contribution in [0.3, 0.4) is 0 Å². The molecule has 3 atom stereocenters. The molecule has 172 valence electrons. The summed E-state index contributed by atoms with van der Waals surface area (Å²) in [7, 11) is 1.73. The summed E-state index contributed by atoms with van der Waals surface area (Å²) in [5.74, 6) is -0.664. The maximum atomic E-state index is 13.5. The highest BCUT2D eigenvalue weighted by atomic mass is 79.9. The van der Waals surface area contributed by atoms with E-state index >= 15 is 0 Å². The third kappa shape index (κ3) is 4.13. The minimum Gasteiger partial charge on any atom is -0.393 e. The van der Waals surface area contributed by atoms with Crippen LogP contribution < -0.4 is 5.32 Å². The third-order valence-electron chi connectivity index (χ3n) is 6.34. The van der Waals surface area contributed by atoms with Crippen LogP contribution in [0.2, 0.25) is 0 Å². The number of benzene rings is 1. The van der Waals surface area contributed by atoms with Gasteiger partial charge >= 0.3 is 6.03 Å². The van der Waals surface area contributed by atoms with E-state index in [1.165, 1.54) is 18.2 Å². The lowest BCUT2D eigenvalue weighted by molar-refractivity contribution is 0.0625. The number of fused-ring (bicyclic) bond motifs is 3. The lowest BCUT2D eigenvalue weighted by Crippen LogP contribution is -2.45. The van der Waals surface area contributed by atoms with Crippen molar-refractivity contribution in [2.75, 3.05) is 18.9 Å². The van der Waals surface area contributed by atoms with E-state index in [0.717, 1.165) is 11.3 Å². The van der Waals surface area contributed by atoms with E-state index in [9.17, 15) is 19.1 Å². The number of aromatic nitrogens is 2. The number of nitrogens with zero attached hydrogens (tertiary/aromatic N) is 4. The zero-order valence-electron chi connectivity index (χ0n) is 18.3. The van der Waals surface area contributed by atoms with Gasteiger partial charge in [-0.05, 0) is 47.5 Å². The van der Waals surface area contributed by atoms with Gasteiger partial charge in [0.25, 0.3) is 5.91 Å². The normalized spacial score (nSPS) is 21.6. The number of hydrogen-bond acceptors (Lipinski definition) is 4. The van der Waals surface area contributed by atoms with Gasteiger partial charge in [0.15, 0.2) is 0 Å². The second kappa shape index (κ2) is 8.82. The Morgan fingerprint density at radius 3 is 2.84 bits per heavy atom. The second-order valence-electron chi connectivity index (χ2n) is 8.62. The summed E-state index contributed by atoms with van der Waals surface area (Å²) >= 11 is 3.13. The van der Waals surface area contributed by atoms with Gasteiger partial charge in [0.05, 0.1) is 22.8 Å². The number of urea groups is 1. The number of rotatable bonds is 3. The standard InChI is InChI=1S/C22H27BrFN5O3/c1-4-19(30)13-9-27(3)21(31)20-15-11-28(12(2)7-18(15)26-29(20)10-13)22(32)25-14-5-6-17(24)16(23)8-14/h5-6,8,12-13,19,30H,4,7,9-11H2,1-3H3,(H,25,32)/t12-,13-,19?/m1/s1. The quantitative estimate of drug-likeness (QED) is 0.667. The van der Waals surface area contributed by atoms with Gasteiger partial charge in [0.1, 0.15) is 11.5 Å². The minimum atomic E-state index is -0.520. The second-order valence-corrected chi connectivity index (χ2v) is 9.47. The summed E-state index contributed by atoms with van der Waals surface area (Å²) in [5.41, 5.74) is 2.53. The first kappa shape index (κ1) is 22.7. The minimum absolute atomic E-state index is 0.106. The Hall–Kier alpha value is -2.46. The highest BCUT2D eigenvalue weighted by Crippen LogP contribution is 2.30. The van der Waals surface area contributed by atoms with Gasteiger partial charge in [-0.25, -0.2) is 9.18 Å². The number of nitrogens with one attached hydrogen (secondary N) is 1. The largest absolute Gasteiger partial charge is 0.393 e. The molecule has 0 fully saturated rings. The van der Waals surface area contributed by atoms with Gasteiger partial charge in [-0.3, -0.25) is 9.48 Å². The van der Waals surface area contributed by atoms with Crippen LogP contribution in [0.25, 0.3) is 0 Å². The molecule has 0 radical (unpaired) electrons. The molecule has 0 aliphatic carbocycles. The molecule has 2 aromatic rings. The molecule has 0 saturated heterocycles. The summed E-state index contributed by atoms with van der Waals surface area (Å²) in [5, 5.41) is 17.9. The Balaban J connectivity index is 1.61. The fourth-order valence-electron chi connectivity index (χ4n) is 4.48. The maximum absolute atomic E-state index is 13.5. The van der Waals surface area contributed by atoms with Gasteiger partial charge in [-0.15, -0.1) is 0 Å². The molecule has 3 heterocycles. The number of hydrogen-bond donors (Lipinski definition) is 2. The summed E-state index contributed by atoms with van der Waals surface area (Å²) in [6.07, 6.45) is 0.607. The SMILES string of the molecule is CCC(O)[C@@H]1CN(C)C(=O)c2c3c(nn2C1)C[C@@H](C)N(C(=O)Nc1ccc(F)c(Br)c1)C3. The van der Waals surface area contributed by atoms with Crippen LogP contribution in [-0.4, -0.2) is 62.4 Å². The number of aliphatic hydroxyl groups is 1. The molecule has 3 amide bonds. The first-order valence-electron chi connectivity index (χ1n) is 10.7. The van der Waals surface area contributed by atoms with E-state index in [1.54, 1.807) is 21.5 Å². The van der Waals surface area contributed by atoms with E-state index in [0.29, 0.717) is 37.3 Å². The molecule has 1 aromatic carbocycles. The predicted octanol–water partition coefficient (Wildman–Crippen LogP) is 3.24. The molecule has 4 rings (SSSR count). The van der Waals surface area contributed by atoms with Crippen molar-refractivity contribution in [3.05, 3.63) is 45.4 Å². The fourth-order valence-corrected chi connectivity index (χ4v) is 4.86. The van der Waals surface area contributed by atoms with Crippen LogP contribution in [-0.2, 0) is 19.5 Å². The van der Waals surface area contributed by atoms with E-state index in [2.05, 4.69) is 21.2 Å². The number of amides is 3. The highest BCUT2D eigenvalue weighted by Gasteiger charge is 2.38. The molecule has 1 unspecified atom stereocenters. The molecular weight excluding hydrogens is 481 g/mol. The molecule has 32 heavy (non-hydrogen) atoms. The Morgan fingerprint density at radius 1 is 1.41 bits per heavy atom. The first-order valence-corrected chi connectivity index (χ1v) is 11.5. The van der Waals surface area contributed by atoms with Crippen molar-refractivity contribution in [2.24, 2.45) is 5.92 Å². The molecule has 0 saturated carbocycles. The average Bonchev–Trinajstić information content (AvgIpc) is 3.04. The lowest BCUT2D eigenvalue weighted by atomic mass is 9.99. The molecule has 8 nitrogen and oxygen atoms in total. The van der Waals surface area contributed by atoms with Crippen LogP contribution in [0.4, 0.5) is 14.9 Å². The zero-order valence-corrected chi connectivity index (χ0v) is 19.9. The summed E-state index contributed by atoms with van der Waals surface area (Å²) < 4.78 is 15.5. The van der Waals surface area contributed by atoms with E-state index in [1.807, 2.05) is 13.8 Å². The first-order chi connectivity index (χ1) is 15.2. The summed E-state index contributed by atoms with van der Waals surface area (Å²) in [6.45, 7) is 5.01. The number of aliphatic hydroxyl groups excluding tert-OH is 1. The maximum Gasteiger partial charge on any atom is 0.322 e.